The lowest BCUT2D eigenvalue weighted by Gasteiger charge is -2.24. The molecule has 0 aliphatic rings. The highest BCUT2D eigenvalue weighted by atomic mass is 16.5. The largest absolute Gasteiger partial charge is 0.490 e. The summed E-state index contributed by atoms with van der Waals surface area (Å²) >= 11 is 0. The average molecular weight is 242 g/mol. The normalized spacial score (nSPS) is 13.9. The maximum Gasteiger partial charge on any atom is 0.121 e. The standard InChI is InChI=1S/C16H18O2/c1-13-7-6-10-15(11-13)18-12-16(2,17)14-8-4-3-5-9-14/h3-11,17H,12H2,1-2H3. The van der Waals surface area contributed by atoms with Crippen molar-refractivity contribution in [2.75, 3.05) is 6.61 Å². The van der Waals surface area contributed by atoms with Gasteiger partial charge in [0.1, 0.15) is 18.0 Å². The fraction of sp³-hybridized carbons (Fsp3) is 0.250. The van der Waals surface area contributed by atoms with Crippen molar-refractivity contribution < 1.29 is 9.84 Å². The van der Waals surface area contributed by atoms with E-state index in [0.29, 0.717) is 0 Å². The van der Waals surface area contributed by atoms with Gasteiger partial charge in [0.05, 0.1) is 0 Å². The minimum absolute atomic E-state index is 0.237. The van der Waals surface area contributed by atoms with E-state index in [4.69, 9.17) is 4.74 Å². The van der Waals surface area contributed by atoms with Gasteiger partial charge in [-0.05, 0) is 37.1 Å². The molecule has 0 amide bonds. The lowest BCUT2D eigenvalue weighted by atomic mass is 9.97. The van der Waals surface area contributed by atoms with Crippen molar-refractivity contribution in [2.24, 2.45) is 0 Å². The van der Waals surface area contributed by atoms with Crippen LogP contribution in [0, 0.1) is 6.92 Å². The number of benzene rings is 2. The van der Waals surface area contributed by atoms with Crippen LogP contribution in [0.5, 0.6) is 5.75 Å². The van der Waals surface area contributed by atoms with Gasteiger partial charge in [0.2, 0.25) is 0 Å². The van der Waals surface area contributed by atoms with Crippen LogP contribution in [-0.4, -0.2) is 11.7 Å². The van der Waals surface area contributed by atoms with Gasteiger partial charge in [0, 0.05) is 0 Å². The summed E-state index contributed by atoms with van der Waals surface area (Å²) in [7, 11) is 0. The van der Waals surface area contributed by atoms with Gasteiger partial charge in [-0.2, -0.15) is 0 Å². The second-order valence-corrected chi connectivity index (χ2v) is 4.75. The van der Waals surface area contributed by atoms with Gasteiger partial charge in [-0.25, -0.2) is 0 Å². The highest BCUT2D eigenvalue weighted by Gasteiger charge is 2.23. The molecule has 0 fully saturated rings. The summed E-state index contributed by atoms with van der Waals surface area (Å²) in [5.41, 5.74) is 1.02. The number of aryl methyl sites for hydroxylation is 1. The van der Waals surface area contributed by atoms with Gasteiger partial charge >= 0.3 is 0 Å². The monoisotopic (exact) mass is 242 g/mol. The summed E-state index contributed by atoms with van der Waals surface area (Å²) in [6, 6.07) is 17.4. The fourth-order valence-electron chi connectivity index (χ4n) is 1.81. The Morgan fingerprint density at radius 2 is 1.78 bits per heavy atom. The third-order valence-electron chi connectivity index (χ3n) is 2.91. The third kappa shape index (κ3) is 3.11. The molecule has 18 heavy (non-hydrogen) atoms. The maximum absolute atomic E-state index is 10.4. The van der Waals surface area contributed by atoms with Crippen molar-refractivity contribution in [2.45, 2.75) is 19.4 Å². The number of rotatable bonds is 4. The van der Waals surface area contributed by atoms with E-state index in [-0.39, 0.29) is 6.61 Å². The Balaban J connectivity index is 2.05. The summed E-state index contributed by atoms with van der Waals surface area (Å²) in [6.07, 6.45) is 0. The zero-order chi connectivity index (χ0) is 13.0. The van der Waals surface area contributed by atoms with Crippen LogP contribution in [-0.2, 0) is 5.60 Å². The Bertz CT molecular complexity index is 504. The van der Waals surface area contributed by atoms with E-state index in [0.717, 1.165) is 16.9 Å². The molecule has 1 N–H and O–H groups in total. The van der Waals surface area contributed by atoms with Crippen LogP contribution < -0.4 is 4.74 Å². The van der Waals surface area contributed by atoms with Crippen LogP contribution in [0.15, 0.2) is 54.6 Å². The summed E-state index contributed by atoms with van der Waals surface area (Å²) in [4.78, 5) is 0. The molecule has 0 saturated heterocycles. The third-order valence-corrected chi connectivity index (χ3v) is 2.91. The smallest absolute Gasteiger partial charge is 0.121 e. The van der Waals surface area contributed by atoms with E-state index < -0.39 is 5.60 Å². The van der Waals surface area contributed by atoms with E-state index in [1.165, 1.54) is 0 Å². The van der Waals surface area contributed by atoms with E-state index in [1.807, 2.05) is 61.5 Å². The molecular formula is C16H18O2. The Morgan fingerprint density at radius 3 is 2.44 bits per heavy atom. The minimum atomic E-state index is -0.981. The van der Waals surface area contributed by atoms with Gasteiger partial charge in [-0.15, -0.1) is 0 Å². The van der Waals surface area contributed by atoms with Crippen LogP contribution in [0.4, 0.5) is 0 Å². The van der Waals surface area contributed by atoms with Gasteiger partial charge in [0.15, 0.2) is 0 Å². The Morgan fingerprint density at radius 1 is 1.06 bits per heavy atom. The van der Waals surface area contributed by atoms with Crippen LogP contribution >= 0.6 is 0 Å². The molecule has 2 nitrogen and oxygen atoms in total. The highest BCUT2D eigenvalue weighted by Crippen LogP contribution is 2.22. The average Bonchev–Trinajstić information content (AvgIpc) is 2.38. The molecular weight excluding hydrogens is 224 g/mol. The molecule has 0 aliphatic carbocycles. The highest BCUT2D eigenvalue weighted by molar-refractivity contribution is 5.28. The first-order valence-corrected chi connectivity index (χ1v) is 6.05. The SMILES string of the molecule is Cc1cccc(OCC(C)(O)c2ccccc2)c1. The molecule has 0 aromatic heterocycles. The van der Waals surface area contributed by atoms with Crippen molar-refractivity contribution in [1.82, 2.24) is 0 Å². The molecule has 2 heteroatoms. The first kappa shape index (κ1) is 12.7. The lowest BCUT2D eigenvalue weighted by Crippen LogP contribution is -2.29. The molecule has 2 aromatic rings. The molecule has 1 atom stereocenters. The van der Waals surface area contributed by atoms with Crippen molar-refractivity contribution in [3.8, 4) is 5.75 Å². The molecule has 0 heterocycles. The number of hydrogen-bond acceptors (Lipinski definition) is 2. The topological polar surface area (TPSA) is 29.5 Å². The van der Waals surface area contributed by atoms with E-state index in [9.17, 15) is 5.11 Å². The molecule has 94 valence electrons. The van der Waals surface area contributed by atoms with Crippen LogP contribution in [0.2, 0.25) is 0 Å². The van der Waals surface area contributed by atoms with Crippen LogP contribution in [0.3, 0.4) is 0 Å². The molecule has 0 aliphatic heterocycles. The first-order chi connectivity index (χ1) is 8.58. The van der Waals surface area contributed by atoms with E-state index in [2.05, 4.69) is 0 Å². The van der Waals surface area contributed by atoms with Gasteiger partial charge < -0.3 is 9.84 Å². The Hall–Kier alpha value is -1.80. The van der Waals surface area contributed by atoms with E-state index >= 15 is 0 Å². The molecule has 1 unspecified atom stereocenters. The molecule has 0 radical (unpaired) electrons. The summed E-state index contributed by atoms with van der Waals surface area (Å²) < 4.78 is 5.66. The summed E-state index contributed by atoms with van der Waals surface area (Å²) in [5, 5.41) is 10.4. The van der Waals surface area contributed by atoms with Gasteiger partial charge in [-0.1, -0.05) is 42.5 Å². The summed E-state index contributed by atoms with van der Waals surface area (Å²) in [5.74, 6) is 0.784. The number of aliphatic hydroxyl groups is 1. The van der Waals surface area contributed by atoms with Crippen LogP contribution in [0.1, 0.15) is 18.1 Å². The van der Waals surface area contributed by atoms with Crippen molar-refractivity contribution in [3.63, 3.8) is 0 Å². The van der Waals surface area contributed by atoms with E-state index in [1.54, 1.807) is 6.92 Å². The predicted octanol–water partition coefficient (Wildman–Crippen LogP) is 3.28. The molecule has 2 aromatic carbocycles. The van der Waals surface area contributed by atoms with Crippen molar-refractivity contribution in [1.29, 1.82) is 0 Å². The Labute approximate surface area is 108 Å². The zero-order valence-electron chi connectivity index (χ0n) is 10.8. The first-order valence-electron chi connectivity index (χ1n) is 6.05. The minimum Gasteiger partial charge on any atom is -0.490 e. The second kappa shape index (κ2) is 5.23. The number of hydrogen-bond donors (Lipinski definition) is 1. The molecule has 0 saturated carbocycles. The predicted molar refractivity (Wildman–Crippen MR) is 72.7 cm³/mol. The van der Waals surface area contributed by atoms with Crippen LogP contribution in [0.25, 0.3) is 0 Å². The number of ether oxygens (including phenoxy) is 1. The summed E-state index contributed by atoms with van der Waals surface area (Å²) in [6.45, 7) is 4.01. The zero-order valence-corrected chi connectivity index (χ0v) is 10.8. The Kier molecular flexibility index (Phi) is 3.68. The maximum atomic E-state index is 10.4. The fourth-order valence-corrected chi connectivity index (χ4v) is 1.81. The quantitative estimate of drug-likeness (QED) is 0.891. The molecule has 0 spiro atoms. The molecule has 0 bridgehead atoms. The second-order valence-electron chi connectivity index (χ2n) is 4.75. The molecule has 2 rings (SSSR count). The lowest BCUT2D eigenvalue weighted by molar-refractivity contribution is 0.00758. The van der Waals surface area contributed by atoms with Gasteiger partial charge in [-0.3, -0.25) is 0 Å². The van der Waals surface area contributed by atoms with Gasteiger partial charge in [0.25, 0.3) is 0 Å². The van der Waals surface area contributed by atoms with Crippen molar-refractivity contribution >= 4 is 0 Å². The van der Waals surface area contributed by atoms with Crippen molar-refractivity contribution in [3.05, 3.63) is 65.7 Å².